The van der Waals surface area contributed by atoms with Crippen LogP contribution in [0.25, 0.3) is 0 Å². The topological polar surface area (TPSA) is 35.5 Å². The van der Waals surface area contributed by atoms with E-state index in [0.29, 0.717) is 0 Å². The Labute approximate surface area is 68.9 Å². The fraction of sp³-hybridized carbons (Fsp3) is 1.00. The van der Waals surface area contributed by atoms with Gasteiger partial charge < -0.3 is 10.4 Å². The molecule has 0 aromatic rings. The highest BCUT2D eigenvalue weighted by Crippen LogP contribution is 2.03. The van der Waals surface area contributed by atoms with Gasteiger partial charge in [-0.15, -0.1) is 0 Å². The SMILES string of the molecule is OCC1CN(I)CCN1. The summed E-state index contributed by atoms with van der Waals surface area (Å²) in [5.74, 6) is 0. The van der Waals surface area contributed by atoms with Crippen molar-refractivity contribution in [2.45, 2.75) is 6.04 Å². The molecule has 0 radical (unpaired) electrons. The molecule has 1 unspecified atom stereocenters. The van der Waals surface area contributed by atoms with Crippen molar-refractivity contribution in [1.82, 2.24) is 8.43 Å². The van der Waals surface area contributed by atoms with E-state index in [1.165, 1.54) is 0 Å². The molecule has 1 saturated heterocycles. The molecule has 3 nitrogen and oxygen atoms in total. The summed E-state index contributed by atoms with van der Waals surface area (Å²) >= 11 is 2.28. The van der Waals surface area contributed by atoms with Crippen LogP contribution >= 0.6 is 22.9 Å². The lowest BCUT2D eigenvalue weighted by molar-refractivity contribution is 0.207. The van der Waals surface area contributed by atoms with Gasteiger partial charge in [0, 0.05) is 48.5 Å². The summed E-state index contributed by atoms with van der Waals surface area (Å²) in [5, 5.41) is 11.9. The van der Waals surface area contributed by atoms with Crippen LogP contribution < -0.4 is 5.32 Å². The zero-order valence-electron chi connectivity index (χ0n) is 5.18. The summed E-state index contributed by atoms with van der Waals surface area (Å²) < 4.78 is 2.19. The molecule has 54 valence electrons. The van der Waals surface area contributed by atoms with Gasteiger partial charge in [0.25, 0.3) is 0 Å². The third-order valence-electron chi connectivity index (χ3n) is 1.43. The number of halogens is 1. The summed E-state index contributed by atoms with van der Waals surface area (Å²) in [7, 11) is 0. The van der Waals surface area contributed by atoms with Gasteiger partial charge in [-0.1, -0.05) is 0 Å². The Kier molecular flexibility index (Phi) is 3.17. The van der Waals surface area contributed by atoms with Crippen molar-refractivity contribution in [2.24, 2.45) is 0 Å². The van der Waals surface area contributed by atoms with E-state index in [0.717, 1.165) is 19.6 Å². The van der Waals surface area contributed by atoms with Crippen molar-refractivity contribution in [3.63, 3.8) is 0 Å². The first kappa shape index (κ1) is 7.71. The van der Waals surface area contributed by atoms with E-state index in [4.69, 9.17) is 5.11 Å². The maximum atomic E-state index is 8.72. The number of aliphatic hydroxyl groups excluding tert-OH is 1. The molecule has 0 aromatic heterocycles. The van der Waals surface area contributed by atoms with E-state index in [-0.39, 0.29) is 12.6 Å². The van der Waals surface area contributed by atoms with Crippen LogP contribution in [0, 0.1) is 0 Å². The van der Waals surface area contributed by atoms with Gasteiger partial charge in [-0.2, -0.15) is 0 Å². The molecule has 1 aliphatic heterocycles. The second-order valence-electron chi connectivity index (χ2n) is 2.20. The number of piperazine rings is 1. The van der Waals surface area contributed by atoms with Crippen molar-refractivity contribution in [3.05, 3.63) is 0 Å². The molecule has 0 aromatic carbocycles. The Morgan fingerprint density at radius 1 is 1.78 bits per heavy atom. The van der Waals surface area contributed by atoms with Gasteiger partial charge in [0.15, 0.2) is 0 Å². The van der Waals surface area contributed by atoms with Gasteiger partial charge in [0.2, 0.25) is 0 Å². The number of rotatable bonds is 1. The maximum absolute atomic E-state index is 8.72. The van der Waals surface area contributed by atoms with Gasteiger partial charge in [0.05, 0.1) is 6.61 Å². The third kappa shape index (κ3) is 2.37. The minimum Gasteiger partial charge on any atom is -0.395 e. The highest BCUT2D eigenvalue weighted by molar-refractivity contribution is 14.1. The molecule has 4 heteroatoms. The Morgan fingerprint density at radius 3 is 3.00 bits per heavy atom. The van der Waals surface area contributed by atoms with Gasteiger partial charge in [-0.3, -0.25) is 0 Å². The molecule has 9 heavy (non-hydrogen) atoms. The summed E-state index contributed by atoms with van der Waals surface area (Å²) in [6.45, 7) is 3.28. The maximum Gasteiger partial charge on any atom is 0.0597 e. The zero-order chi connectivity index (χ0) is 6.69. The fourth-order valence-electron chi connectivity index (χ4n) is 0.907. The van der Waals surface area contributed by atoms with Crippen LogP contribution in [0.1, 0.15) is 0 Å². The van der Waals surface area contributed by atoms with Crippen LogP contribution in [-0.4, -0.2) is 40.5 Å². The van der Waals surface area contributed by atoms with Crippen LogP contribution in [0.3, 0.4) is 0 Å². The lowest BCUT2D eigenvalue weighted by atomic mass is 10.2. The largest absolute Gasteiger partial charge is 0.395 e. The predicted molar refractivity (Wildman–Crippen MR) is 44.5 cm³/mol. The third-order valence-corrected chi connectivity index (χ3v) is 2.30. The second-order valence-corrected chi connectivity index (χ2v) is 3.57. The minimum absolute atomic E-state index is 0.250. The molecule has 1 aliphatic rings. The Hall–Kier alpha value is 0.610. The van der Waals surface area contributed by atoms with Crippen molar-refractivity contribution in [3.8, 4) is 0 Å². The molecule has 1 rings (SSSR count). The first-order chi connectivity index (χ1) is 4.33. The number of nitrogens with one attached hydrogen (secondary N) is 1. The predicted octanol–water partition coefficient (Wildman–Crippen LogP) is -0.398. The first-order valence-corrected chi connectivity index (χ1v) is 4.04. The normalized spacial score (nSPS) is 30.7. The standard InChI is InChI=1S/C5H11IN2O/c6-8-2-1-7-5(3-8)4-9/h5,7,9H,1-4H2. The van der Waals surface area contributed by atoms with Crippen molar-refractivity contribution >= 4 is 22.9 Å². The molecule has 2 N–H and O–H groups in total. The highest BCUT2D eigenvalue weighted by Gasteiger charge is 2.15. The van der Waals surface area contributed by atoms with Gasteiger partial charge >= 0.3 is 0 Å². The Morgan fingerprint density at radius 2 is 2.56 bits per heavy atom. The monoisotopic (exact) mass is 242 g/mol. The molecule has 0 aliphatic carbocycles. The van der Waals surface area contributed by atoms with E-state index < -0.39 is 0 Å². The summed E-state index contributed by atoms with van der Waals surface area (Å²) in [4.78, 5) is 0. The summed E-state index contributed by atoms with van der Waals surface area (Å²) in [6, 6.07) is 0.288. The summed E-state index contributed by atoms with van der Waals surface area (Å²) in [5.41, 5.74) is 0. The lowest BCUT2D eigenvalue weighted by Gasteiger charge is -2.27. The molecule has 1 heterocycles. The van der Waals surface area contributed by atoms with Crippen LogP contribution in [0.5, 0.6) is 0 Å². The van der Waals surface area contributed by atoms with Gasteiger partial charge in [-0.25, -0.2) is 3.11 Å². The van der Waals surface area contributed by atoms with Crippen molar-refractivity contribution < 1.29 is 5.11 Å². The zero-order valence-corrected chi connectivity index (χ0v) is 7.34. The van der Waals surface area contributed by atoms with E-state index in [1.807, 2.05) is 0 Å². The summed E-state index contributed by atoms with van der Waals surface area (Å²) in [6.07, 6.45) is 0. The lowest BCUT2D eigenvalue weighted by Crippen LogP contribution is -2.48. The Balaban J connectivity index is 2.23. The van der Waals surface area contributed by atoms with Crippen molar-refractivity contribution in [2.75, 3.05) is 26.2 Å². The molecule has 1 atom stereocenters. The number of hydrogen-bond acceptors (Lipinski definition) is 3. The number of aliphatic hydroxyl groups is 1. The van der Waals surface area contributed by atoms with Crippen molar-refractivity contribution in [1.29, 1.82) is 0 Å². The Bertz CT molecular complexity index is 91.0. The first-order valence-electron chi connectivity index (χ1n) is 3.08. The second kappa shape index (κ2) is 3.70. The molecule has 1 fully saturated rings. The van der Waals surface area contributed by atoms with E-state index in [9.17, 15) is 0 Å². The highest BCUT2D eigenvalue weighted by atomic mass is 127. The van der Waals surface area contributed by atoms with Crippen LogP contribution in [0.15, 0.2) is 0 Å². The smallest absolute Gasteiger partial charge is 0.0597 e. The average molecular weight is 242 g/mol. The quantitative estimate of drug-likeness (QED) is 0.485. The van der Waals surface area contributed by atoms with E-state index >= 15 is 0 Å². The van der Waals surface area contributed by atoms with Crippen LogP contribution in [-0.2, 0) is 0 Å². The molecule has 0 spiro atoms. The molecular weight excluding hydrogens is 231 g/mol. The van der Waals surface area contributed by atoms with E-state index in [2.05, 4.69) is 31.3 Å². The van der Waals surface area contributed by atoms with Crippen LogP contribution in [0.4, 0.5) is 0 Å². The van der Waals surface area contributed by atoms with E-state index in [1.54, 1.807) is 0 Å². The van der Waals surface area contributed by atoms with Crippen LogP contribution in [0.2, 0.25) is 0 Å². The molecular formula is C5H11IN2O. The minimum atomic E-state index is 0.250. The number of hydrogen-bond donors (Lipinski definition) is 2. The van der Waals surface area contributed by atoms with Gasteiger partial charge in [0.1, 0.15) is 0 Å². The molecule has 0 amide bonds. The fourth-order valence-corrected chi connectivity index (χ4v) is 1.62. The average Bonchev–Trinajstić information content (AvgIpc) is 1.88. The van der Waals surface area contributed by atoms with Gasteiger partial charge in [-0.05, 0) is 0 Å². The molecule has 0 bridgehead atoms. The number of nitrogens with zero attached hydrogens (tertiary/aromatic N) is 1. The molecule has 0 saturated carbocycles.